The molecule has 4 heteroatoms. The van der Waals surface area contributed by atoms with Crippen LogP contribution < -0.4 is 5.32 Å². The molecule has 0 saturated carbocycles. The topological polar surface area (TPSA) is 27.7 Å². The van der Waals surface area contributed by atoms with Gasteiger partial charge in [0.2, 0.25) is 0 Å². The van der Waals surface area contributed by atoms with E-state index in [4.69, 9.17) is 4.74 Å². The summed E-state index contributed by atoms with van der Waals surface area (Å²) in [5, 5.41) is 3.40. The molecule has 0 rings (SSSR count). The van der Waals surface area contributed by atoms with Gasteiger partial charge in [-0.3, -0.25) is 0 Å². The first kappa shape index (κ1) is 17.8. The highest BCUT2D eigenvalue weighted by Crippen LogP contribution is 2.00. The lowest BCUT2D eigenvalue weighted by atomic mass is 10.2. The van der Waals surface area contributed by atoms with E-state index >= 15 is 0 Å². The SMILES string of the molecule is COCCNCCCN(CCN(C)C)CC(C)C. The minimum Gasteiger partial charge on any atom is -0.383 e. The molecule has 110 valence electrons. The Balaban J connectivity index is 3.65. The van der Waals surface area contributed by atoms with Gasteiger partial charge in [-0.05, 0) is 39.5 Å². The second kappa shape index (κ2) is 11.9. The van der Waals surface area contributed by atoms with E-state index in [1.165, 1.54) is 26.1 Å². The van der Waals surface area contributed by atoms with Gasteiger partial charge in [-0.1, -0.05) is 13.8 Å². The summed E-state index contributed by atoms with van der Waals surface area (Å²) in [4.78, 5) is 4.83. The maximum Gasteiger partial charge on any atom is 0.0587 e. The molecule has 0 atom stereocenters. The summed E-state index contributed by atoms with van der Waals surface area (Å²) in [7, 11) is 6.02. The molecule has 0 unspecified atom stereocenters. The molecule has 18 heavy (non-hydrogen) atoms. The number of likely N-dealkylation sites (N-methyl/N-ethyl adjacent to an activating group) is 1. The summed E-state index contributed by atoms with van der Waals surface area (Å²) in [5.74, 6) is 0.744. The predicted octanol–water partition coefficient (Wildman–Crippen LogP) is 1.13. The van der Waals surface area contributed by atoms with Crippen LogP contribution in [0, 0.1) is 5.92 Å². The van der Waals surface area contributed by atoms with Gasteiger partial charge in [0.15, 0.2) is 0 Å². The molecular weight excluding hydrogens is 226 g/mol. The Bertz CT molecular complexity index is 174. The van der Waals surface area contributed by atoms with E-state index in [9.17, 15) is 0 Å². The van der Waals surface area contributed by atoms with Gasteiger partial charge in [0, 0.05) is 33.3 Å². The maximum absolute atomic E-state index is 5.01. The summed E-state index contributed by atoms with van der Waals surface area (Å²) in [6.45, 7) is 12.1. The third-order valence-corrected chi connectivity index (χ3v) is 2.80. The molecule has 0 radical (unpaired) electrons. The van der Waals surface area contributed by atoms with Gasteiger partial charge in [0.1, 0.15) is 0 Å². The van der Waals surface area contributed by atoms with Crippen molar-refractivity contribution in [3.8, 4) is 0 Å². The van der Waals surface area contributed by atoms with Crippen molar-refractivity contribution in [2.24, 2.45) is 5.92 Å². The van der Waals surface area contributed by atoms with Crippen molar-refractivity contribution in [2.45, 2.75) is 20.3 Å². The van der Waals surface area contributed by atoms with E-state index in [2.05, 4.69) is 43.1 Å². The lowest BCUT2D eigenvalue weighted by Crippen LogP contribution is -2.36. The highest BCUT2D eigenvalue weighted by atomic mass is 16.5. The van der Waals surface area contributed by atoms with Crippen molar-refractivity contribution in [3.63, 3.8) is 0 Å². The number of hydrogen-bond acceptors (Lipinski definition) is 4. The lowest BCUT2D eigenvalue weighted by molar-refractivity contribution is 0.196. The van der Waals surface area contributed by atoms with Crippen LogP contribution in [0.1, 0.15) is 20.3 Å². The highest BCUT2D eigenvalue weighted by molar-refractivity contribution is 4.63. The van der Waals surface area contributed by atoms with Crippen LogP contribution in [0.2, 0.25) is 0 Å². The van der Waals surface area contributed by atoms with Crippen LogP contribution in [0.3, 0.4) is 0 Å². The van der Waals surface area contributed by atoms with Crippen LogP contribution in [-0.2, 0) is 4.74 Å². The smallest absolute Gasteiger partial charge is 0.0587 e. The maximum atomic E-state index is 5.01. The average Bonchev–Trinajstić information content (AvgIpc) is 2.29. The van der Waals surface area contributed by atoms with Crippen LogP contribution >= 0.6 is 0 Å². The normalized spacial score (nSPS) is 12.0. The molecule has 0 saturated heterocycles. The molecule has 0 spiro atoms. The second-order valence-electron chi connectivity index (χ2n) is 5.59. The molecule has 1 N–H and O–H groups in total. The minimum absolute atomic E-state index is 0.744. The van der Waals surface area contributed by atoms with Crippen LogP contribution in [0.25, 0.3) is 0 Å². The number of rotatable bonds is 12. The van der Waals surface area contributed by atoms with Crippen LogP contribution in [0.5, 0.6) is 0 Å². The fraction of sp³-hybridized carbons (Fsp3) is 1.00. The standard InChI is InChI=1S/C14H33N3O/c1-14(2)13-17(11-10-16(3)4)9-6-7-15-8-12-18-5/h14-15H,6-13H2,1-5H3. The Morgan fingerprint density at radius 3 is 2.33 bits per heavy atom. The van der Waals surface area contributed by atoms with E-state index in [1.807, 2.05) is 0 Å². The molecule has 0 bridgehead atoms. The third kappa shape index (κ3) is 12.3. The second-order valence-corrected chi connectivity index (χ2v) is 5.59. The molecular formula is C14H33N3O. The van der Waals surface area contributed by atoms with Gasteiger partial charge in [-0.2, -0.15) is 0 Å². The zero-order valence-electron chi connectivity index (χ0n) is 13.0. The Morgan fingerprint density at radius 1 is 1.06 bits per heavy atom. The minimum atomic E-state index is 0.744. The number of methoxy groups -OCH3 is 1. The zero-order chi connectivity index (χ0) is 13.8. The molecule has 0 aliphatic heterocycles. The summed E-state index contributed by atoms with van der Waals surface area (Å²) < 4.78 is 5.01. The van der Waals surface area contributed by atoms with Crippen molar-refractivity contribution in [1.29, 1.82) is 0 Å². The van der Waals surface area contributed by atoms with E-state index in [0.717, 1.165) is 32.2 Å². The molecule has 4 nitrogen and oxygen atoms in total. The summed E-state index contributed by atoms with van der Waals surface area (Å²) in [6, 6.07) is 0. The fourth-order valence-corrected chi connectivity index (χ4v) is 1.88. The van der Waals surface area contributed by atoms with Gasteiger partial charge in [0.25, 0.3) is 0 Å². The molecule has 0 aromatic rings. The van der Waals surface area contributed by atoms with Gasteiger partial charge in [-0.25, -0.2) is 0 Å². The van der Waals surface area contributed by atoms with Gasteiger partial charge >= 0.3 is 0 Å². The van der Waals surface area contributed by atoms with Crippen molar-refractivity contribution in [3.05, 3.63) is 0 Å². The monoisotopic (exact) mass is 259 g/mol. The highest BCUT2D eigenvalue weighted by Gasteiger charge is 2.07. The van der Waals surface area contributed by atoms with E-state index in [-0.39, 0.29) is 0 Å². The largest absolute Gasteiger partial charge is 0.383 e. The molecule has 0 heterocycles. The predicted molar refractivity (Wildman–Crippen MR) is 79.2 cm³/mol. The van der Waals surface area contributed by atoms with Crippen LogP contribution in [-0.4, -0.2) is 76.9 Å². The lowest BCUT2D eigenvalue weighted by Gasteiger charge is -2.25. The Kier molecular flexibility index (Phi) is 11.8. The first-order valence-corrected chi connectivity index (χ1v) is 7.13. The Labute approximate surface area is 114 Å². The van der Waals surface area contributed by atoms with Crippen LogP contribution in [0.15, 0.2) is 0 Å². The van der Waals surface area contributed by atoms with E-state index in [1.54, 1.807) is 7.11 Å². The van der Waals surface area contributed by atoms with Gasteiger partial charge < -0.3 is 19.9 Å². The number of nitrogens with one attached hydrogen (secondary N) is 1. The average molecular weight is 259 g/mol. The van der Waals surface area contributed by atoms with Gasteiger partial charge in [-0.15, -0.1) is 0 Å². The molecule has 0 amide bonds. The molecule has 0 aromatic carbocycles. The van der Waals surface area contributed by atoms with Gasteiger partial charge in [0.05, 0.1) is 6.61 Å². The summed E-state index contributed by atoms with van der Waals surface area (Å²) in [5.41, 5.74) is 0. The van der Waals surface area contributed by atoms with Crippen molar-refractivity contribution in [2.75, 3.05) is 67.1 Å². The molecule has 0 aliphatic rings. The van der Waals surface area contributed by atoms with E-state index in [0.29, 0.717) is 0 Å². The Hall–Kier alpha value is -0.160. The van der Waals surface area contributed by atoms with Crippen LogP contribution in [0.4, 0.5) is 0 Å². The first-order valence-electron chi connectivity index (χ1n) is 7.13. The van der Waals surface area contributed by atoms with Crippen molar-refractivity contribution < 1.29 is 4.74 Å². The zero-order valence-corrected chi connectivity index (χ0v) is 13.0. The van der Waals surface area contributed by atoms with Crippen molar-refractivity contribution in [1.82, 2.24) is 15.1 Å². The number of nitrogens with zero attached hydrogens (tertiary/aromatic N) is 2. The van der Waals surface area contributed by atoms with Crippen molar-refractivity contribution >= 4 is 0 Å². The number of hydrogen-bond donors (Lipinski definition) is 1. The van der Waals surface area contributed by atoms with E-state index < -0.39 is 0 Å². The fourth-order valence-electron chi connectivity index (χ4n) is 1.88. The molecule has 0 aliphatic carbocycles. The molecule has 0 aromatic heterocycles. The Morgan fingerprint density at radius 2 is 1.78 bits per heavy atom. The summed E-state index contributed by atoms with van der Waals surface area (Å²) in [6.07, 6.45) is 1.21. The third-order valence-electron chi connectivity index (χ3n) is 2.80. The molecule has 0 fully saturated rings. The summed E-state index contributed by atoms with van der Waals surface area (Å²) >= 11 is 0. The quantitative estimate of drug-likeness (QED) is 0.532. The first-order chi connectivity index (χ1) is 8.56. The number of ether oxygens (including phenoxy) is 1.